The largest absolute Gasteiger partial charge is 0.497 e. The number of fused-ring (bicyclic) bond motifs is 3. The lowest BCUT2D eigenvalue weighted by molar-refractivity contribution is -0.0909. The van der Waals surface area contributed by atoms with Crippen LogP contribution in [0.5, 0.6) is 17.2 Å². The van der Waals surface area contributed by atoms with Crippen molar-refractivity contribution in [2.75, 3.05) is 145 Å². The van der Waals surface area contributed by atoms with Crippen molar-refractivity contribution >= 4 is 77.4 Å². The number of carbonyl (C=O) groups is 4. The molecule has 15 N–H and O–H groups in total. The number of hydrogen-bond acceptors (Lipinski definition) is 31. The molecule has 49 heteroatoms. The number of aldehydes is 1. The van der Waals surface area contributed by atoms with Crippen LogP contribution in [0, 0.1) is 35.5 Å². The second-order valence-electron chi connectivity index (χ2n) is 37.0. The SMILES string of the molecule is C.C.C.COc1ccc(S(=O)(=O)N(CC(C)C)C[C@@H](O)[C@H](Cc2ccc(C=O)cc2)NC(=O)O[C@H]2CO[C@H]3OCC[C@H]32)cc1.COc1ccc(S(=O)(=O)N(CC(C)C)C[C@@H](O)[C@H](Cc2ccc(CN(C)CCP(=O)(O)O)cc2)NC(=O)O[C@H]2CO[C@H]3OCC[C@H]32)cc1.COc1ccc(S(=O)(=O)N(CC(C)C)C[C@@H](O)[C@H](Cc2ccc(CNCCP(=O)(O)O)cc2)NC(=O)O[C@H]2CO[C@H]3OCC[C@H]32)cc1.NCCP(=O)(O)O. The number of hydrogen-bond donors (Lipinski definition) is 14. The summed E-state index contributed by atoms with van der Waals surface area (Å²) in [6, 6.07) is 36.8. The van der Waals surface area contributed by atoms with E-state index in [0.717, 1.165) is 34.1 Å². The van der Waals surface area contributed by atoms with Crippen molar-refractivity contribution in [3.05, 3.63) is 179 Å². The van der Waals surface area contributed by atoms with Crippen molar-refractivity contribution in [2.45, 2.75) is 204 Å². The molecule has 6 aliphatic rings. The molecule has 3 amide bonds. The number of carbonyl (C=O) groups excluding carboxylic acids is 4. The Labute approximate surface area is 857 Å². The van der Waals surface area contributed by atoms with Crippen LogP contribution in [0.2, 0.25) is 0 Å². The molecule has 0 spiro atoms. The Morgan fingerprint density at radius 1 is 0.425 bits per heavy atom. The van der Waals surface area contributed by atoms with Gasteiger partial charge in [-0.3, -0.25) is 18.5 Å². The van der Waals surface area contributed by atoms with Crippen molar-refractivity contribution in [3.8, 4) is 17.2 Å². The molecule has 6 heterocycles. The first-order valence-electron chi connectivity index (χ1n) is 47.1. The second-order valence-corrected chi connectivity index (χ2v) is 48.2. The number of ether oxygens (including phenoxy) is 12. The van der Waals surface area contributed by atoms with E-state index in [1.807, 2.05) is 90.1 Å². The normalized spacial score (nSPS) is 20.4. The van der Waals surface area contributed by atoms with E-state index < -0.39 is 145 Å². The number of nitrogens with one attached hydrogen (secondary N) is 4. The summed E-state index contributed by atoms with van der Waals surface area (Å²) < 4.78 is 184. The van der Waals surface area contributed by atoms with Gasteiger partial charge in [0.15, 0.2) is 18.9 Å². The molecule has 6 aliphatic heterocycles. The number of nitrogens with zero attached hydrogens (tertiary/aromatic N) is 4. The van der Waals surface area contributed by atoms with Gasteiger partial charge >= 0.3 is 41.1 Å². The number of sulfonamides is 3. The molecule has 0 radical (unpaired) electrons. The van der Waals surface area contributed by atoms with E-state index in [9.17, 15) is 83.2 Å². The molecule has 0 saturated carbocycles. The highest BCUT2D eigenvalue weighted by molar-refractivity contribution is 7.89. The van der Waals surface area contributed by atoms with Crippen LogP contribution >= 0.6 is 22.8 Å². The van der Waals surface area contributed by atoms with E-state index in [1.54, 1.807) is 72.6 Å². The zero-order valence-corrected chi connectivity index (χ0v) is 87.0. The molecule has 0 unspecified atom stereocenters. The molecule has 146 heavy (non-hydrogen) atoms. The first kappa shape index (κ1) is 127. The summed E-state index contributed by atoms with van der Waals surface area (Å²) in [5.74, 6) is 1.16. The van der Waals surface area contributed by atoms with E-state index in [-0.39, 0.29) is 189 Å². The van der Waals surface area contributed by atoms with Gasteiger partial charge in [0.1, 0.15) is 41.8 Å². The van der Waals surface area contributed by atoms with Crippen LogP contribution < -0.4 is 41.2 Å². The minimum Gasteiger partial charge on any atom is -0.497 e. The number of amides is 3. The summed E-state index contributed by atoms with van der Waals surface area (Å²) in [6.07, 6.45) is -6.28. The number of aliphatic hydroxyl groups excluding tert-OH is 3. The number of aliphatic hydroxyl groups is 3. The number of rotatable bonds is 49. The third kappa shape index (κ3) is 40.6. The average Bonchev–Trinajstić information content (AvgIpc) is 1.12. The van der Waals surface area contributed by atoms with Gasteiger partial charge in [-0.1, -0.05) is 137 Å². The van der Waals surface area contributed by atoms with Crippen LogP contribution in [-0.2, 0) is 119 Å². The maximum absolute atomic E-state index is 13.8. The Balaban J connectivity index is 0.000000321. The molecule has 6 aromatic carbocycles. The van der Waals surface area contributed by atoms with Gasteiger partial charge in [0, 0.05) is 77.6 Å². The summed E-state index contributed by atoms with van der Waals surface area (Å²) in [7, 11) is -17.8. The predicted molar refractivity (Wildman–Crippen MR) is 545 cm³/mol. The van der Waals surface area contributed by atoms with E-state index >= 15 is 0 Å². The highest BCUT2D eigenvalue weighted by Gasteiger charge is 2.48. The van der Waals surface area contributed by atoms with Gasteiger partial charge in [-0.05, 0) is 164 Å². The van der Waals surface area contributed by atoms with Crippen LogP contribution in [0.4, 0.5) is 14.4 Å². The fraction of sp³-hybridized carbons (Fsp3) is 0.588. The summed E-state index contributed by atoms with van der Waals surface area (Å²) in [6.45, 7) is 14.3. The number of methoxy groups -OCH3 is 3. The molecule has 0 aromatic heterocycles. The van der Waals surface area contributed by atoms with Crippen molar-refractivity contribution in [1.29, 1.82) is 0 Å². The van der Waals surface area contributed by atoms with Crippen molar-refractivity contribution in [3.63, 3.8) is 0 Å². The lowest BCUT2D eigenvalue weighted by Gasteiger charge is -2.31. The van der Waals surface area contributed by atoms with Gasteiger partial charge in [-0.2, -0.15) is 12.9 Å². The monoisotopic (exact) mass is 2180 g/mol. The summed E-state index contributed by atoms with van der Waals surface area (Å²) in [5, 5.41) is 45.9. The molecule has 43 nitrogen and oxygen atoms in total. The molecular formula is C97H152N9O34P3S3. The Morgan fingerprint density at radius 2 is 0.712 bits per heavy atom. The summed E-state index contributed by atoms with van der Waals surface area (Å²) in [4.78, 5) is 105. The maximum atomic E-state index is 13.8. The standard InChI is InChI=1S/C32H48N3O11PS.C31H46N3O11PS.C29H38N2O9S.C2H8NO3P.3CH4/c1-22(2)18-35(48(41,42)26-11-9-25(43-4)10-12-26)20-29(36)28(33-32(37)46-30-21-45-31-27(30)13-15-44-31)17-23-5-7-24(8-6-23)19-34(3)14-16-47(38,39)40;1-21(2)18-34(47(40,41)25-10-8-24(42-3)9-11-25)19-28(35)27(33-31(36)45-29-20-44-30-26(29)12-14-43-30)16-22-4-6-23(7-5-22)17-32-13-15-46(37,38)39;1-19(2)15-31(41(35,36)23-10-8-22(37-3)9-11-23)16-26(33)25(14-20-4-6-21(17-32)7-5-20)30-29(34)40-27-18-39-28-24(27)12-13-38-28;3-1-2-7(4,5)6;;;/h5-12,22,27-31,36H,13-21H2,1-4H3,(H,33,37)(H2,38,39,40);4-11,21,26-30,32,35H,12-20H2,1-3H3,(H,33,36)(H2,37,38,39);4-11,17,19,24-28,33H,12-16,18H2,1-3H3,(H,30,34);1-3H2,(H2,4,5,6);3*1H4/t27-,28-,29+,30-,31+;26-,27-,28+,29-,30+;24-,25-,26+,27-,28+;;;;/m000..../s1. The van der Waals surface area contributed by atoms with Crippen molar-refractivity contribution in [2.24, 2.45) is 41.2 Å². The molecule has 0 aliphatic carbocycles. The highest BCUT2D eigenvalue weighted by atomic mass is 32.2. The number of nitrogens with two attached hydrogens (primary N) is 1. The summed E-state index contributed by atoms with van der Waals surface area (Å²) >= 11 is 0. The van der Waals surface area contributed by atoms with Gasteiger partial charge < -0.3 is 133 Å². The number of benzene rings is 6. The van der Waals surface area contributed by atoms with E-state index in [4.69, 9.17) is 82.1 Å². The van der Waals surface area contributed by atoms with E-state index in [0.29, 0.717) is 75.0 Å². The lowest BCUT2D eigenvalue weighted by Crippen LogP contribution is -2.51. The van der Waals surface area contributed by atoms with E-state index in [2.05, 4.69) is 21.3 Å². The fourth-order valence-electron chi connectivity index (χ4n) is 16.6. The molecule has 6 aromatic rings. The van der Waals surface area contributed by atoms with Gasteiger partial charge in [0.25, 0.3) is 0 Å². The zero-order valence-electron chi connectivity index (χ0n) is 81.9. The molecule has 822 valence electrons. The third-order valence-corrected chi connectivity index (χ3v) is 32.1. The molecule has 12 rings (SSSR count). The summed E-state index contributed by atoms with van der Waals surface area (Å²) in [5.41, 5.74) is 9.34. The highest BCUT2D eigenvalue weighted by Crippen LogP contribution is 2.39. The Hall–Kier alpha value is -8.10. The van der Waals surface area contributed by atoms with Gasteiger partial charge in [0.05, 0.1) is 148 Å². The smallest absolute Gasteiger partial charge is 0.407 e. The molecule has 6 fully saturated rings. The van der Waals surface area contributed by atoms with E-state index in [1.165, 1.54) is 70.6 Å². The number of alkyl carbamates (subject to hydrolysis) is 3. The minimum absolute atomic E-state index is 0. The Morgan fingerprint density at radius 3 is 0.979 bits per heavy atom. The van der Waals surface area contributed by atoms with Crippen LogP contribution in [0.3, 0.4) is 0 Å². The van der Waals surface area contributed by atoms with Gasteiger partial charge in [-0.25, -0.2) is 39.6 Å². The van der Waals surface area contributed by atoms with Gasteiger partial charge in [0.2, 0.25) is 30.1 Å². The predicted octanol–water partition coefficient (Wildman–Crippen LogP) is 8.13. The zero-order chi connectivity index (χ0) is 105. The van der Waals surface area contributed by atoms with Crippen LogP contribution in [-0.4, -0.2) is 331 Å². The molecule has 15 atom stereocenters. The Bertz CT molecular complexity index is 5470. The first-order valence-corrected chi connectivity index (χ1v) is 56.8. The third-order valence-electron chi connectivity index (χ3n) is 24.1. The Kier molecular flexibility index (Phi) is 51.7. The van der Waals surface area contributed by atoms with Crippen molar-refractivity contribution < 1.29 is 160 Å². The van der Waals surface area contributed by atoms with Crippen LogP contribution in [0.25, 0.3) is 0 Å². The lowest BCUT2D eigenvalue weighted by atomic mass is 9.99. The molecular weight excluding hydrogens is 2020 g/mol. The second kappa shape index (κ2) is 59.6. The first-order chi connectivity index (χ1) is 67.5. The molecule has 6 saturated heterocycles. The maximum Gasteiger partial charge on any atom is 0.407 e. The quantitative estimate of drug-likeness (QED) is 0.00741. The average molecular weight is 2180 g/mol. The van der Waals surface area contributed by atoms with Gasteiger partial charge in [-0.15, -0.1) is 0 Å². The fourth-order valence-corrected chi connectivity index (χ4v) is 22.8. The van der Waals surface area contributed by atoms with Crippen LogP contribution in [0.15, 0.2) is 160 Å². The van der Waals surface area contributed by atoms with Crippen molar-refractivity contribution in [1.82, 2.24) is 39.1 Å². The molecule has 0 bridgehead atoms. The topological polar surface area (TPSA) is 602 Å². The minimum atomic E-state index is -4.10. The van der Waals surface area contributed by atoms with Crippen LogP contribution in [0.1, 0.15) is 121 Å².